The molecule has 2 atom stereocenters. The molecule has 0 radical (unpaired) electrons. The Labute approximate surface area is 168 Å². The number of carboxylic acids is 1. The highest BCUT2D eigenvalue weighted by Crippen LogP contribution is 2.24. The standard InChI is InChI=1S/C20H24N2O7/c1-13(23)29-17(20(26)27)16-19(25)22(10-11-28-16)15-7-5-6-14(12-15)18(24)21-8-3-2-4-9-21/h5-7,12,16-17H,2-4,8-11H2,1H3,(H,26,27). The molecule has 0 spiro atoms. The lowest BCUT2D eigenvalue weighted by molar-refractivity contribution is -0.177. The van der Waals surface area contributed by atoms with E-state index in [0.717, 1.165) is 26.2 Å². The fourth-order valence-electron chi connectivity index (χ4n) is 3.59. The van der Waals surface area contributed by atoms with Gasteiger partial charge in [0.2, 0.25) is 6.10 Å². The van der Waals surface area contributed by atoms with Crippen LogP contribution in [0, 0.1) is 0 Å². The molecule has 0 aromatic heterocycles. The molecule has 0 aliphatic carbocycles. The van der Waals surface area contributed by atoms with E-state index in [2.05, 4.69) is 0 Å². The lowest BCUT2D eigenvalue weighted by atomic mass is 10.1. The number of amides is 2. The maximum absolute atomic E-state index is 12.9. The number of carbonyl (C=O) groups is 4. The van der Waals surface area contributed by atoms with Gasteiger partial charge in [0, 0.05) is 37.8 Å². The van der Waals surface area contributed by atoms with Crippen LogP contribution in [0.25, 0.3) is 0 Å². The monoisotopic (exact) mass is 404 g/mol. The second-order valence-corrected chi connectivity index (χ2v) is 7.05. The minimum atomic E-state index is -1.74. The maximum Gasteiger partial charge on any atom is 0.348 e. The first kappa shape index (κ1) is 20.8. The van der Waals surface area contributed by atoms with Crippen molar-refractivity contribution in [3.05, 3.63) is 29.8 Å². The average Bonchev–Trinajstić information content (AvgIpc) is 2.72. The van der Waals surface area contributed by atoms with E-state index in [-0.39, 0.29) is 19.1 Å². The number of morpholine rings is 1. The number of likely N-dealkylation sites (tertiary alicyclic amines) is 1. The number of nitrogens with zero attached hydrogens (tertiary/aromatic N) is 2. The van der Waals surface area contributed by atoms with Crippen molar-refractivity contribution in [1.29, 1.82) is 0 Å². The highest BCUT2D eigenvalue weighted by atomic mass is 16.6. The van der Waals surface area contributed by atoms with E-state index in [9.17, 15) is 24.3 Å². The lowest BCUT2D eigenvalue weighted by Gasteiger charge is -2.34. The first-order chi connectivity index (χ1) is 13.9. The summed E-state index contributed by atoms with van der Waals surface area (Å²) >= 11 is 0. The van der Waals surface area contributed by atoms with Crippen LogP contribution in [0.4, 0.5) is 5.69 Å². The number of benzene rings is 1. The van der Waals surface area contributed by atoms with Crippen LogP contribution >= 0.6 is 0 Å². The molecule has 2 aliphatic heterocycles. The van der Waals surface area contributed by atoms with Crippen LogP contribution in [0.1, 0.15) is 36.5 Å². The summed E-state index contributed by atoms with van der Waals surface area (Å²) in [7, 11) is 0. The predicted molar refractivity (Wildman–Crippen MR) is 101 cm³/mol. The average molecular weight is 404 g/mol. The number of aliphatic carboxylic acids is 1. The van der Waals surface area contributed by atoms with E-state index >= 15 is 0 Å². The molecular formula is C20H24N2O7. The van der Waals surface area contributed by atoms with Crippen molar-refractivity contribution >= 4 is 29.4 Å². The molecular weight excluding hydrogens is 380 g/mol. The van der Waals surface area contributed by atoms with Crippen LogP contribution in [0.15, 0.2) is 24.3 Å². The Balaban J connectivity index is 1.80. The lowest BCUT2D eigenvalue weighted by Crippen LogP contribution is -2.55. The molecule has 2 unspecified atom stereocenters. The topological polar surface area (TPSA) is 113 Å². The molecule has 1 aromatic rings. The number of piperidine rings is 1. The molecule has 2 heterocycles. The van der Waals surface area contributed by atoms with Crippen molar-refractivity contribution in [3.8, 4) is 0 Å². The summed E-state index contributed by atoms with van der Waals surface area (Å²) in [5, 5.41) is 9.33. The van der Waals surface area contributed by atoms with Gasteiger partial charge >= 0.3 is 11.9 Å². The SMILES string of the molecule is CC(=O)OC(C(=O)O)C1OCCN(c2cccc(C(=O)N3CCCCC3)c2)C1=O. The van der Waals surface area contributed by atoms with Gasteiger partial charge in [0.05, 0.1) is 6.61 Å². The zero-order valence-corrected chi connectivity index (χ0v) is 16.2. The molecule has 29 heavy (non-hydrogen) atoms. The summed E-state index contributed by atoms with van der Waals surface area (Å²) in [6, 6.07) is 6.68. The second-order valence-electron chi connectivity index (χ2n) is 7.05. The Morgan fingerprint density at radius 1 is 1.17 bits per heavy atom. The van der Waals surface area contributed by atoms with Gasteiger partial charge in [-0.3, -0.25) is 14.4 Å². The second kappa shape index (κ2) is 9.04. The van der Waals surface area contributed by atoms with Crippen LogP contribution < -0.4 is 4.90 Å². The summed E-state index contributed by atoms with van der Waals surface area (Å²) in [6.07, 6.45) is -0.128. The van der Waals surface area contributed by atoms with Gasteiger partial charge in [0.25, 0.3) is 11.8 Å². The van der Waals surface area contributed by atoms with Crippen molar-refractivity contribution in [2.75, 3.05) is 31.1 Å². The summed E-state index contributed by atoms with van der Waals surface area (Å²) in [5.74, 6) is -3.01. The summed E-state index contributed by atoms with van der Waals surface area (Å²) in [6.45, 7) is 2.76. The van der Waals surface area contributed by atoms with E-state index in [1.165, 1.54) is 4.90 Å². The number of ether oxygens (including phenoxy) is 2. The third-order valence-corrected chi connectivity index (χ3v) is 4.98. The van der Waals surface area contributed by atoms with Gasteiger partial charge in [0.15, 0.2) is 6.10 Å². The molecule has 0 saturated carbocycles. The van der Waals surface area contributed by atoms with Crippen molar-refractivity contribution in [1.82, 2.24) is 4.90 Å². The third kappa shape index (κ3) is 4.73. The Morgan fingerprint density at radius 3 is 2.55 bits per heavy atom. The van der Waals surface area contributed by atoms with E-state index in [1.54, 1.807) is 29.2 Å². The zero-order chi connectivity index (χ0) is 21.0. The maximum atomic E-state index is 12.9. The van der Waals surface area contributed by atoms with E-state index in [1.807, 2.05) is 0 Å². The minimum absolute atomic E-state index is 0.0751. The smallest absolute Gasteiger partial charge is 0.348 e. The van der Waals surface area contributed by atoms with Crippen molar-refractivity contribution in [3.63, 3.8) is 0 Å². The highest BCUT2D eigenvalue weighted by molar-refractivity contribution is 6.02. The molecule has 2 amide bonds. The van der Waals surface area contributed by atoms with Crippen molar-refractivity contribution in [2.45, 2.75) is 38.4 Å². The molecule has 9 heteroatoms. The van der Waals surface area contributed by atoms with Crippen LogP contribution in [-0.4, -0.2) is 72.2 Å². The fraction of sp³-hybridized carbons (Fsp3) is 0.500. The Kier molecular flexibility index (Phi) is 6.48. The zero-order valence-electron chi connectivity index (χ0n) is 16.2. The molecule has 2 fully saturated rings. The summed E-state index contributed by atoms with van der Waals surface area (Å²) in [4.78, 5) is 51.5. The van der Waals surface area contributed by atoms with Crippen LogP contribution in [0.5, 0.6) is 0 Å². The Bertz CT molecular complexity index is 804. The van der Waals surface area contributed by atoms with Crippen molar-refractivity contribution < 1.29 is 33.8 Å². The molecule has 1 aromatic carbocycles. The number of hydrogen-bond donors (Lipinski definition) is 1. The minimum Gasteiger partial charge on any atom is -0.478 e. The molecule has 2 saturated heterocycles. The summed E-state index contributed by atoms with van der Waals surface area (Å²) < 4.78 is 10.1. The van der Waals surface area contributed by atoms with E-state index in [4.69, 9.17) is 9.47 Å². The largest absolute Gasteiger partial charge is 0.478 e. The van der Waals surface area contributed by atoms with Gasteiger partial charge in [-0.1, -0.05) is 6.07 Å². The first-order valence-corrected chi connectivity index (χ1v) is 9.61. The van der Waals surface area contributed by atoms with Crippen LogP contribution in [0.2, 0.25) is 0 Å². The molecule has 156 valence electrons. The van der Waals surface area contributed by atoms with Crippen molar-refractivity contribution in [2.24, 2.45) is 0 Å². The number of anilines is 1. The number of hydrogen-bond acceptors (Lipinski definition) is 6. The Hall–Kier alpha value is -2.94. The van der Waals surface area contributed by atoms with Gasteiger partial charge in [-0.05, 0) is 37.5 Å². The number of carboxylic acid groups (broad SMARTS) is 1. The molecule has 3 rings (SSSR count). The van der Waals surface area contributed by atoms with Gasteiger partial charge in [-0.2, -0.15) is 0 Å². The molecule has 9 nitrogen and oxygen atoms in total. The molecule has 1 N–H and O–H groups in total. The van der Waals surface area contributed by atoms with Gasteiger partial charge < -0.3 is 24.4 Å². The van der Waals surface area contributed by atoms with Gasteiger partial charge in [0.1, 0.15) is 0 Å². The first-order valence-electron chi connectivity index (χ1n) is 9.61. The number of esters is 1. The third-order valence-electron chi connectivity index (χ3n) is 4.98. The number of rotatable bonds is 5. The highest BCUT2D eigenvalue weighted by Gasteiger charge is 2.42. The normalized spacial score (nSPS) is 20.9. The Morgan fingerprint density at radius 2 is 1.90 bits per heavy atom. The molecule has 0 bridgehead atoms. The summed E-state index contributed by atoms with van der Waals surface area (Å²) in [5.41, 5.74) is 0.938. The fourth-order valence-corrected chi connectivity index (χ4v) is 3.59. The van der Waals surface area contributed by atoms with Crippen LogP contribution in [0.3, 0.4) is 0 Å². The molecule has 2 aliphatic rings. The van der Waals surface area contributed by atoms with E-state index < -0.39 is 30.1 Å². The quantitative estimate of drug-likeness (QED) is 0.730. The van der Waals surface area contributed by atoms with Gasteiger partial charge in [-0.15, -0.1) is 0 Å². The van der Waals surface area contributed by atoms with Crippen LogP contribution in [-0.2, 0) is 23.9 Å². The van der Waals surface area contributed by atoms with E-state index in [0.29, 0.717) is 24.3 Å². The van der Waals surface area contributed by atoms with Gasteiger partial charge in [-0.25, -0.2) is 4.79 Å². The number of carbonyl (C=O) groups excluding carboxylic acids is 3. The predicted octanol–water partition coefficient (Wildman–Crippen LogP) is 1.06.